The van der Waals surface area contributed by atoms with Crippen LogP contribution in [0.25, 0.3) is 66.8 Å². The highest BCUT2D eigenvalue weighted by molar-refractivity contribution is 5.88. The fourth-order valence-corrected chi connectivity index (χ4v) is 7.55. The van der Waals surface area contributed by atoms with Gasteiger partial charge >= 0.3 is 0 Å². The van der Waals surface area contributed by atoms with Crippen LogP contribution >= 0.6 is 0 Å². The maximum absolute atomic E-state index is 2.35. The van der Waals surface area contributed by atoms with Crippen molar-refractivity contribution in [1.29, 1.82) is 0 Å². The van der Waals surface area contributed by atoms with E-state index in [-0.39, 0.29) is 0 Å². The van der Waals surface area contributed by atoms with Gasteiger partial charge in [-0.25, -0.2) is 0 Å². The fraction of sp³-hybridized carbons (Fsp3) is 0. The van der Waals surface area contributed by atoms with Crippen LogP contribution in [0.4, 0.5) is 17.1 Å². The molecule has 1 heteroatoms. The van der Waals surface area contributed by atoms with E-state index in [1.807, 2.05) is 0 Å². The Morgan fingerprint density at radius 1 is 0.182 bits per heavy atom. The van der Waals surface area contributed by atoms with Crippen molar-refractivity contribution in [2.75, 3.05) is 4.90 Å². The maximum Gasteiger partial charge on any atom is 0.0462 e. The van der Waals surface area contributed by atoms with Crippen LogP contribution in [0.1, 0.15) is 0 Å². The van der Waals surface area contributed by atoms with Crippen molar-refractivity contribution in [2.45, 2.75) is 0 Å². The Morgan fingerprint density at radius 3 is 0.891 bits per heavy atom. The van der Waals surface area contributed by atoms with Crippen LogP contribution in [0, 0.1) is 0 Å². The van der Waals surface area contributed by atoms with Gasteiger partial charge in [-0.1, -0.05) is 194 Å². The van der Waals surface area contributed by atoms with Gasteiger partial charge < -0.3 is 4.90 Å². The third-order valence-corrected chi connectivity index (χ3v) is 10.3. The van der Waals surface area contributed by atoms with Gasteiger partial charge in [-0.05, 0) is 109 Å². The lowest BCUT2D eigenvalue weighted by atomic mass is 9.92. The molecular formula is C54H39N. The second-order valence-electron chi connectivity index (χ2n) is 13.7. The molecule has 0 aliphatic carbocycles. The minimum absolute atomic E-state index is 1.09. The Kier molecular flexibility index (Phi) is 9.41. The summed E-state index contributed by atoms with van der Waals surface area (Å²) in [5, 5.41) is 0. The molecule has 55 heavy (non-hydrogen) atoms. The molecule has 0 spiro atoms. The first-order chi connectivity index (χ1) is 27.3. The molecule has 0 aromatic heterocycles. The minimum atomic E-state index is 1.09. The van der Waals surface area contributed by atoms with Crippen molar-refractivity contribution >= 4 is 17.1 Å². The fourth-order valence-electron chi connectivity index (χ4n) is 7.55. The predicted molar refractivity (Wildman–Crippen MR) is 234 cm³/mol. The number of hydrogen-bond donors (Lipinski definition) is 0. The van der Waals surface area contributed by atoms with E-state index in [1.165, 1.54) is 66.8 Å². The normalized spacial score (nSPS) is 10.9. The Bertz CT molecular complexity index is 2640. The van der Waals surface area contributed by atoms with Gasteiger partial charge in [0.2, 0.25) is 0 Å². The monoisotopic (exact) mass is 701 g/mol. The lowest BCUT2D eigenvalue weighted by molar-refractivity contribution is 1.28. The van der Waals surface area contributed by atoms with Crippen LogP contribution < -0.4 is 4.90 Å². The summed E-state index contributed by atoms with van der Waals surface area (Å²) >= 11 is 0. The van der Waals surface area contributed by atoms with E-state index in [4.69, 9.17) is 0 Å². The first-order valence-corrected chi connectivity index (χ1v) is 18.8. The zero-order chi connectivity index (χ0) is 36.8. The summed E-state index contributed by atoms with van der Waals surface area (Å²) in [4.78, 5) is 2.35. The minimum Gasteiger partial charge on any atom is -0.311 e. The van der Waals surface area contributed by atoms with E-state index in [0.717, 1.165) is 17.1 Å². The van der Waals surface area contributed by atoms with E-state index < -0.39 is 0 Å². The SMILES string of the molecule is c1ccc(-c2ccc(N(c3ccc(-c4ccccc4-c4ccccc4)cc3)c3ccc(-c4ccccc4-c4cccc(-c5ccccc5)c4)cc3)cc2)cc1. The molecule has 0 aliphatic rings. The van der Waals surface area contributed by atoms with Gasteiger partial charge in [-0.3, -0.25) is 0 Å². The second-order valence-corrected chi connectivity index (χ2v) is 13.7. The van der Waals surface area contributed by atoms with Crippen LogP contribution in [-0.2, 0) is 0 Å². The van der Waals surface area contributed by atoms with Gasteiger partial charge in [0.15, 0.2) is 0 Å². The van der Waals surface area contributed by atoms with Gasteiger partial charge in [0.1, 0.15) is 0 Å². The summed E-state index contributed by atoms with van der Waals surface area (Å²) in [5.41, 5.74) is 17.8. The number of anilines is 3. The van der Waals surface area contributed by atoms with Crippen molar-refractivity contribution < 1.29 is 0 Å². The molecule has 0 atom stereocenters. The number of hydrogen-bond acceptors (Lipinski definition) is 1. The van der Waals surface area contributed by atoms with Crippen molar-refractivity contribution in [3.63, 3.8) is 0 Å². The topological polar surface area (TPSA) is 3.24 Å². The molecule has 0 saturated carbocycles. The highest BCUT2D eigenvalue weighted by Crippen LogP contribution is 2.40. The van der Waals surface area contributed by atoms with E-state index in [1.54, 1.807) is 0 Å². The van der Waals surface area contributed by atoms with E-state index in [0.29, 0.717) is 0 Å². The summed E-state index contributed by atoms with van der Waals surface area (Å²) in [6.07, 6.45) is 0. The molecule has 9 aromatic rings. The molecule has 0 aliphatic heterocycles. The molecule has 0 unspecified atom stereocenters. The third kappa shape index (κ3) is 7.12. The van der Waals surface area contributed by atoms with Crippen LogP contribution in [-0.4, -0.2) is 0 Å². The van der Waals surface area contributed by atoms with Crippen molar-refractivity contribution in [1.82, 2.24) is 0 Å². The summed E-state index contributed by atoms with van der Waals surface area (Å²) in [6.45, 7) is 0. The Labute approximate surface area is 324 Å². The number of nitrogens with zero attached hydrogens (tertiary/aromatic N) is 1. The molecule has 0 amide bonds. The molecule has 9 aromatic carbocycles. The van der Waals surface area contributed by atoms with Crippen LogP contribution in [0.15, 0.2) is 237 Å². The molecular weight excluding hydrogens is 663 g/mol. The van der Waals surface area contributed by atoms with Crippen molar-refractivity contribution in [3.05, 3.63) is 237 Å². The van der Waals surface area contributed by atoms with Gasteiger partial charge in [0.25, 0.3) is 0 Å². The summed E-state index contributed by atoms with van der Waals surface area (Å²) in [5.74, 6) is 0. The highest BCUT2D eigenvalue weighted by atomic mass is 15.1. The summed E-state index contributed by atoms with van der Waals surface area (Å²) in [6, 6.07) is 84.9. The van der Waals surface area contributed by atoms with Gasteiger partial charge in [0.05, 0.1) is 0 Å². The highest BCUT2D eigenvalue weighted by Gasteiger charge is 2.16. The van der Waals surface area contributed by atoms with E-state index >= 15 is 0 Å². The Hall–Kier alpha value is -7.22. The Balaban J connectivity index is 1.08. The molecule has 260 valence electrons. The average molecular weight is 702 g/mol. The molecule has 0 radical (unpaired) electrons. The quantitative estimate of drug-likeness (QED) is 0.145. The summed E-state index contributed by atoms with van der Waals surface area (Å²) in [7, 11) is 0. The third-order valence-electron chi connectivity index (χ3n) is 10.3. The summed E-state index contributed by atoms with van der Waals surface area (Å²) < 4.78 is 0. The number of rotatable bonds is 9. The van der Waals surface area contributed by atoms with Gasteiger partial charge in [-0.15, -0.1) is 0 Å². The van der Waals surface area contributed by atoms with Gasteiger partial charge in [0, 0.05) is 17.1 Å². The molecule has 0 bridgehead atoms. The molecule has 0 fully saturated rings. The largest absolute Gasteiger partial charge is 0.311 e. The molecule has 0 saturated heterocycles. The lowest BCUT2D eigenvalue weighted by Gasteiger charge is -2.26. The first kappa shape index (κ1) is 33.6. The van der Waals surface area contributed by atoms with Crippen LogP contribution in [0.5, 0.6) is 0 Å². The smallest absolute Gasteiger partial charge is 0.0462 e. The van der Waals surface area contributed by atoms with Crippen molar-refractivity contribution in [3.8, 4) is 66.8 Å². The first-order valence-electron chi connectivity index (χ1n) is 18.8. The molecule has 9 rings (SSSR count). The zero-order valence-electron chi connectivity index (χ0n) is 30.5. The standard InChI is InChI=1S/C54H39N/c1-4-15-40(16-5-1)42-27-33-48(34-28-42)55(49-35-29-44(30-36-49)52-24-11-10-23-51(52)43-19-8-3-9-20-43)50-37-31-45(32-38-50)53-25-12-13-26-54(53)47-22-14-21-46(39-47)41-17-6-2-7-18-41/h1-39H. The van der Waals surface area contributed by atoms with Gasteiger partial charge in [-0.2, -0.15) is 0 Å². The molecule has 0 heterocycles. The molecule has 1 nitrogen and oxygen atoms in total. The predicted octanol–water partition coefficient (Wildman–Crippen LogP) is 15.2. The van der Waals surface area contributed by atoms with Crippen molar-refractivity contribution in [2.24, 2.45) is 0 Å². The second kappa shape index (κ2) is 15.4. The zero-order valence-corrected chi connectivity index (χ0v) is 30.5. The molecule has 0 N–H and O–H groups in total. The van der Waals surface area contributed by atoms with Crippen LogP contribution in [0.3, 0.4) is 0 Å². The Morgan fingerprint density at radius 2 is 0.455 bits per heavy atom. The average Bonchev–Trinajstić information content (AvgIpc) is 3.28. The number of benzene rings is 9. The van der Waals surface area contributed by atoms with Crippen LogP contribution in [0.2, 0.25) is 0 Å². The lowest BCUT2D eigenvalue weighted by Crippen LogP contribution is -2.09. The van der Waals surface area contributed by atoms with E-state index in [2.05, 4.69) is 241 Å². The van der Waals surface area contributed by atoms with E-state index in [9.17, 15) is 0 Å². The maximum atomic E-state index is 2.35.